The third kappa shape index (κ3) is 5.26. The summed E-state index contributed by atoms with van der Waals surface area (Å²) < 4.78 is 26.8. The largest absolute Gasteiger partial charge is 0.409 e. The number of rotatable bonds is 5. The van der Waals surface area contributed by atoms with Gasteiger partial charge in [-0.3, -0.25) is 4.72 Å². The molecule has 0 radical (unpaired) electrons. The van der Waals surface area contributed by atoms with E-state index in [4.69, 9.17) is 10.9 Å². The molecule has 4 N–H and O–H groups in total. The fourth-order valence-electron chi connectivity index (χ4n) is 1.80. The molecule has 0 spiro atoms. The van der Waals surface area contributed by atoms with Crippen molar-refractivity contribution in [3.8, 4) is 0 Å². The number of hydrogen-bond acceptors (Lipinski definition) is 4. The quantitative estimate of drug-likeness (QED) is 0.335. The third-order valence-corrected chi connectivity index (χ3v) is 4.30. The summed E-state index contributed by atoms with van der Waals surface area (Å²) >= 11 is 0. The highest BCUT2D eigenvalue weighted by Crippen LogP contribution is 2.23. The molecule has 7 heteroatoms. The highest BCUT2D eigenvalue weighted by Gasteiger charge is 2.19. The predicted octanol–water partition coefficient (Wildman–Crippen LogP) is 2.27. The van der Waals surface area contributed by atoms with Gasteiger partial charge in [0.05, 0.1) is 11.4 Å². The average Bonchev–Trinajstić information content (AvgIpc) is 2.35. The number of nitrogens with two attached hydrogens (primary N) is 1. The van der Waals surface area contributed by atoms with Gasteiger partial charge in [-0.2, -0.15) is 0 Å². The van der Waals surface area contributed by atoms with Crippen LogP contribution in [0.4, 0.5) is 5.69 Å². The Morgan fingerprint density at radius 3 is 2.52 bits per heavy atom. The molecule has 1 aromatic carbocycles. The minimum absolute atomic E-state index is 0.0139. The smallest absolute Gasteiger partial charge is 0.232 e. The van der Waals surface area contributed by atoms with Crippen LogP contribution in [-0.2, 0) is 10.0 Å². The molecule has 0 atom stereocenters. The molecular weight excluding hydrogens is 290 g/mol. The fraction of sp³-hybridized carbons (Fsp3) is 0.500. The third-order valence-electron chi connectivity index (χ3n) is 3.02. The van der Waals surface area contributed by atoms with Crippen molar-refractivity contribution in [2.75, 3.05) is 10.5 Å². The molecule has 0 saturated heterocycles. The van der Waals surface area contributed by atoms with Gasteiger partial charge < -0.3 is 10.9 Å². The zero-order valence-corrected chi connectivity index (χ0v) is 13.7. The molecule has 0 aliphatic carbocycles. The minimum atomic E-state index is -3.49. The second-order valence-electron chi connectivity index (χ2n) is 6.21. The molecule has 0 aliphatic heterocycles. The molecule has 1 aromatic rings. The van der Waals surface area contributed by atoms with Crippen LogP contribution in [0.2, 0.25) is 0 Å². The summed E-state index contributed by atoms with van der Waals surface area (Å²) in [5.74, 6) is -0.110. The number of amidine groups is 1. The van der Waals surface area contributed by atoms with Crippen molar-refractivity contribution in [2.24, 2.45) is 16.3 Å². The van der Waals surface area contributed by atoms with E-state index in [0.29, 0.717) is 17.7 Å². The first-order chi connectivity index (χ1) is 9.56. The van der Waals surface area contributed by atoms with Crippen molar-refractivity contribution >= 4 is 21.5 Å². The van der Waals surface area contributed by atoms with Gasteiger partial charge in [0.1, 0.15) is 0 Å². The predicted molar refractivity (Wildman–Crippen MR) is 85.2 cm³/mol. The van der Waals surface area contributed by atoms with E-state index in [0.717, 1.165) is 5.56 Å². The van der Waals surface area contributed by atoms with E-state index < -0.39 is 10.0 Å². The van der Waals surface area contributed by atoms with Crippen LogP contribution in [0.15, 0.2) is 23.4 Å². The molecule has 0 aromatic heterocycles. The lowest BCUT2D eigenvalue weighted by atomic mass is 9.94. The van der Waals surface area contributed by atoms with E-state index in [1.807, 2.05) is 20.8 Å². The summed E-state index contributed by atoms with van der Waals surface area (Å²) in [6, 6.07) is 5.07. The maximum Gasteiger partial charge on any atom is 0.232 e. The van der Waals surface area contributed by atoms with Gasteiger partial charge in [0.25, 0.3) is 0 Å². The Kier molecular flexibility index (Phi) is 5.22. The van der Waals surface area contributed by atoms with Crippen LogP contribution in [0.1, 0.15) is 38.3 Å². The molecule has 21 heavy (non-hydrogen) atoms. The van der Waals surface area contributed by atoms with Gasteiger partial charge in [0.15, 0.2) is 5.84 Å². The standard InChI is InChI=1S/C14H23N3O3S/c1-10-6-5-7-11(12(10)13(15)16-18)17-21(19,20)9-8-14(2,3)4/h5-7,17-18H,8-9H2,1-4H3,(H2,15,16). The van der Waals surface area contributed by atoms with Gasteiger partial charge >= 0.3 is 0 Å². The van der Waals surface area contributed by atoms with E-state index in [2.05, 4.69) is 9.88 Å². The van der Waals surface area contributed by atoms with E-state index in [9.17, 15) is 8.42 Å². The number of aryl methyl sites for hydroxylation is 1. The Labute approximate surface area is 126 Å². The summed E-state index contributed by atoms with van der Waals surface area (Å²) in [7, 11) is -3.49. The number of nitrogens with zero attached hydrogens (tertiary/aromatic N) is 1. The van der Waals surface area contributed by atoms with Crippen molar-refractivity contribution in [3.63, 3.8) is 0 Å². The van der Waals surface area contributed by atoms with Gasteiger partial charge in [0, 0.05) is 5.56 Å². The van der Waals surface area contributed by atoms with Crippen LogP contribution in [0.25, 0.3) is 0 Å². The highest BCUT2D eigenvalue weighted by molar-refractivity contribution is 7.92. The second-order valence-corrected chi connectivity index (χ2v) is 8.06. The minimum Gasteiger partial charge on any atom is -0.409 e. The lowest BCUT2D eigenvalue weighted by Crippen LogP contribution is -2.24. The summed E-state index contributed by atoms with van der Waals surface area (Å²) in [5.41, 5.74) is 6.98. The Morgan fingerprint density at radius 2 is 2.00 bits per heavy atom. The molecule has 118 valence electrons. The maximum absolute atomic E-state index is 12.2. The first-order valence-electron chi connectivity index (χ1n) is 6.64. The Bertz CT molecular complexity index is 631. The van der Waals surface area contributed by atoms with Crippen LogP contribution in [0, 0.1) is 12.3 Å². The van der Waals surface area contributed by atoms with E-state index in [1.54, 1.807) is 25.1 Å². The van der Waals surface area contributed by atoms with Crippen LogP contribution in [0.3, 0.4) is 0 Å². The summed E-state index contributed by atoms with van der Waals surface area (Å²) in [4.78, 5) is 0. The molecule has 0 bridgehead atoms. The highest BCUT2D eigenvalue weighted by atomic mass is 32.2. The Hall–Kier alpha value is -1.76. The van der Waals surface area contributed by atoms with Crippen LogP contribution in [-0.4, -0.2) is 25.2 Å². The van der Waals surface area contributed by atoms with Gasteiger partial charge in [0.2, 0.25) is 10.0 Å². The van der Waals surface area contributed by atoms with E-state index in [-0.39, 0.29) is 17.0 Å². The number of nitrogens with one attached hydrogen (secondary N) is 1. The van der Waals surface area contributed by atoms with Crippen LogP contribution in [0.5, 0.6) is 0 Å². The zero-order valence-electron chi connectivity index (χ0n) is 12.8. The average molecular weight is 313 g/mol. The van der Waals surface area contributed by atoms with Crippen molar-refractivity contribution in [1.82, 2.24) is 0 Å². The zero-order chi connectivity index (χ0) is 16.3. The second kappa shape index (κ2) is 6.34. The number of hydrogen-bond donors (Lipinski definition) is 3. The van der Waals surface area contributed by atoms with Crippen molar-refractivity contribution in [3.05, 3.63) is 29.3 Å². The Balaban J connectivity index is 3.06. The maximum atomic E-state index is 12.2. The molecule has 1 rings (SSSR count). The van der Waals surface area contributed by atoms with Gasteiger partial charge in [-0.15, -0.1) is 0 Å². The topological polar surface area (TPSA) is 105 Å². The molecule has 6 nitrogen and oxygen atoms in total. The van der Waals surface area contributed by atoms with Crippen LogP contribution < -0.4 is 10.5 Å². The van der Waals surface area contributed by atoms with Gasteiger partial charge in [-0.1, -0.05) is 38.1 Å². The molecule has 0 heterocycles. The van der Waals surface area contributed by atoms with Crippen molar-refractivity contribution < 1.29 is 13.6 Å². The van der Waals surface area contributed by atoms with Crippen molar-refractivity contribution in [1.29, 1.82) is 0 Å². The molecule has 0 fully saturated rings. The summed E-state index contributed by atoms with van der Waals surface area (Å²) in [6.45, 7) is 7.71. The van der Waals surface area contributed by atoms with Crippen LogP contribution >= 0.6 is 0 Å². The molecule has 0 amide bonds. The molecule has 0 unspecified atom stereocenters. The SMILES string of the molecule is Cc1cccc(NS(=O)(=O)CCC(C)(C)C)c1/C(N)=N/O. The van der Waals surface area contributed by atoms with E-state index in [1.165, 1.54) is 0 Å². The molecule has 0 saturated carbocycles. The fourth-order valence-corrected chi connectivity index (χ4v) is 3.29. The number of anilines is 1. The summed E-state index contributed by atoms with van der Waals surface area (Å²) in [5, 5.41) is 11.8. The van der Waals surface area contributed by atoms with Crippen molar-refractivity contribution in [2.45, 2.75) is 34.1 Å². The lowest BCUT2D eigenvalue weighted by Gasteiger charge is -2.19. The first-order valence-corrected chi connectivity index (χ1v) is 8.29. The Morgan fingerprint density at radius 1 is 1.38 bits per heavy atom. The van der Waals surface area contributed by atoms with Gasteiger partial charge in [-0.25, -0.2) is 8.42 Å². The first kappa shape index (κ1) is 17.3. The monoisotopic (exact) mass is 313 g/mol. The summed E-state index contributed by atoms with van der Waals surface area (Å²) in [6.07, 6.45) is 0.535. The molecular formula is C14H23N3O3S. The number of oxime groups is 1. The van der Waals surface area contributed by atoms with E-state index >= 15 is 0 Å². The number of sulfonamides is 1. The molecule has 0 aliphatic rings. The lowest BCUT2D eigenvalue weighted by molar-refractivity contribution is 0.318. The normalized spacial score (nSPS) is 13.2. The van der Waals surface area contributed by atoms with Gasteiger partial charge in [-0.05, 0) is 30.4 Å². The number of benzene rings is 1.